The first-order valence-electron chi connectivity index (χ1n) is 4.97. The van der Waals surface area contributed by atoms with Crippen molar-refractivity contribution >= 4 is 5.78 Å². The van der Waals surface area contributed by atoms with Gasteiger partial charge in [-0.2, -0.15) is 0 Å². The van der Waals surface area contributed by atoms with Gasteiger partial charge in [0, 0.05) is 12.3 Å². The van der Waals surface area contributed by atoms with Gasteiger partial charge in [0.1, 0.15) is 5.78 Å². The van der Waals surface area contributed by atoms with Crippen molar-refractivity contribution in [1.82, 2.24) is 0 Å². The molecule has 0 saturated heterocycles. The van der Waals surface area contributed by atoms with Crippen LogP contribution in [0.4, 0.5) is 0 Å². The average molecular weight is 166 g/mol. The molecule has 0 heterocycles. The summed E-state index contributed by atoms with van der Waals surface area (Å²) in [4.78, 5) is 11.5. The summed E-state index contributed by atoms with van der Waals surface area (Å²) in [6, 6.07) is 0. The normalized spacial score (nSPS) is 56.4. The lowest BCUT2D eigenvalue weighted by Crippen LogP contribution is -2.65. The highest BCUT2D eigenvalue weighted by Crippen LogP contribution is 2.60. The highest BCUT2D eigenvalue weighted by atomic mass is 16.3. The molecule has 3 fully saturated rings. The number of rotatable bonds is 0. The van der Waals surface area contributed by atoms with E-state index in [-0.39, 0.29) is 5.92 Å². The molecular formula is C10H14O2. The SMILES string of the molecule is O=C1CCC2(O)C3CCC1C2C3. The zero-order valence-corrected chi connectivity index (χ0v) is 7.12. The Hall–Kier alpha value is -0.370. The topological polar surface area (TPSA) is 37.3 Å². The number of hydrogen-bond acceptors (Lipinski definition) is 2. The molecule has 0 spiro atoms. The fourth-order valence-corrected chi connectivity index (χ4v) is 3.60. The summed E-state index contributed by atoms with van der Waals surface area (Å²) >= 11 is 0. The number of carbonyl (C=O) groups is 1. The molecule has 0 aliphatic heterocycles. The third kappa shape index (κ3) is 0.598. The predicted molar refractivity (Wildman–Crippen MR) is 43.5 cm³/mol. The fraction of sp³-hybridized carbons (Fsp3) is 0.900. The van der Waals surface area contributed by atoms with Crippen LogP contribution in [0, 0.1) is 17.8 Å². The first kappa shape index (κ1) is 7.07. The van der Waals surface area contributed by atoms with Crippen molar-refractivity contribution in [2.75, 3.05) is 0 Å². The Morgan fingerprint density at radius 1 is 1.42 bits per heavy atom. The second-order valence-corrected chi connectivity index (χ2v) is 4.68. The zero-order valence-electron chi connectivity index (χ0n) is 7.12. The zero-order chi connectivity index (χ0) is 8.34. The third-order valence-corrected chi connectivity index (χ3v) is 4.38. The lowest BCUT2D eigenvalue weighted by Gasteiger charge is -2.62. The van der Waals surface area contributed by atoms with Gasteiger partial charge in [-0.1, -0.05) is 0 Å². The predicted octanol–water partition coefficient (Wildman–Crippen LogP) is 1.13. The Morgan fingerprint density at radius 3 is 2.92 bits per heavy atom. The third-order valence-electron chi connectivity index (χ3n) is 4.38. The Morgan fingerprint density at radius 2 is 2.25 bits per heavy atom. The van der Waals surface area contributed by atoms with Gasteiger partial charge >= 0.3 is 0 Å². The summed E-state index contributed by atoms with van der Waals surface area (Å²) < 4.78 is 0. The summed E-state index contributed by atoms with van der Waals surface area (Å²) in [5, 5.41) is 10.2. The van der Waals surface area contributed by atoms with Crippen molar-refractivity contribution in [2.24, 2.45) is 17.8 Å². The highest BCUT2D eigenvalue weighted by molar-refractivity contribution is 5.83. The quantitative estimate of drug-likeness (QED) is 0.585. The maximum Gasteiger partial charge on any atom is 0.136 e. The minimum atomic E-state index is -0.406. The van der Waals surface area contributed by atoms with Gasteiger partial charge in [0.05, 0.1) is 5.60 Å². The van der Waals surface area contributed by atoms with Gasteiger partial charge in [0.15, 0.2) is 0 Å². The van der Waals surface area contributed by atoms with Crippen LogP contribution in [0.15, 0.2) is 0 Å². The van der Waals surface area contributed by atoms with Gasteiger partial charge in [-0.25, -0.2) is 0 Å². The van der Waals surface area contributed by atoms with Crippen LogP contribution in [0.1, 0.15) is 32.1 Å². The number of hydrogen-bond donors (Lipinski definition) is 1. The molecule has 3 rings (SSSR count). The average Bonchev–Trinajstić information content (AvgIpc) is 2.11. The molecule has 0 amide bonds. The molecular weight excluding hydrogens is 152 g/mol. The van der Waals surface area contributed by atoms with E-state index < -0.39 is 5.60 Å². The standard InChI is InChI=1S/C10H14O2/c11-9-3-4-10(12)6-1-2-7(9)8(10)5-6/h6-8,12H,1-5H2. The Labute approximate surface area is 72.0 Å². The molecule has 0 aromatic heterocycles. The lowest BCUT2D eigenvalue weighted by molar-refractivity contribution is -0.218. The van der Waals surface area contributed by atoms with Crippen LogP contribution >= 0.6 is 0 Å². The molecule has 66 valence electrons. The largest absolute Gasteiger partial charge is 0.389 e. The van der Waals surface area contributed by atoms with Crippen molar-refractivity contribution < 1.29 is 9.90 Å². The smallest absolute Gasteiger partial charge is 0.136 e. The van der Waals surface area contributed by atoms with E-state index in [0.717, 1.165) is 25.7 Å². The van der Waals surface area contributed by atoms with E-state index in [4.69, 9.17) is 0 Å². The van der Waals surface area contributed by atoms with Gasteiger partial charge in [0.25, 0.3) is 0 Å². The monoisotopic (exact) mass is 166 g/mol. The molecule has 4 unspecified atom stereocenters. The first-order chi connectivity index (χ1) is 5.72. The van der Waals surface area contributed by atoms with Crippen LogP contribution in [0.5, 0.6) is 0 Å². The second kappa shape index (κ2) is 1.92. The van der Waals surface area contributed by atoms with Crippen molar-refractivity contribution in [1.29, 1.82) is 0 Å². The Kier molecular flexibility index (Phi) is 1.13. The fourth-order valence-electron chi connectivity index (χ4n) is 3.60. The van der Waals surface area contributed by atoms with Crippen LogP contribution in [0.3, 0.4) is 0 Å². The van der Waals surface area contributed by atoms with E-state index >= 15 is 0 Å². The molecule has 3 aliphatic carbocycles. The minimum Gasteiger partial charge on any atom is -0.389 e. The van der Waals surface area contributed by atoms with Crippen molar-refractivity contribution in [3.05, 3.63) is 0 Å². The molecule has 12 heavy (non-hydrogen) atoms. The van der Waals surface area contributed by atoms with Crippen LogP contribution in [-0.4, -0.2) is 16.5 Å². The first-order valence-corrected chi connectivity index (χ1v) is 4.97. The molecule has 2 heteroatoms. The summed E-state index contributed by atoms with van der Waals surface area (Å²) in [6.45, 7) is 0. The van der Waals surface area contributed by atoms with Crippen LogP contribution in [0.2, 0.25) is 0 Å². The molecule has 1 N–H and O–H groups in total. The van der Waals surface area contributed by atoms with E-state index in [0.29, 0.717) is 24.0 Å². The number of carbonyl (C=O) groups excluding carboxylic acids is 1. The summed E-state index contributed by atoms with van der Waals surface area (Å²) in [7, 11) is 0. The number of ketones is 1. The van der Waals surface area contributed by atoms with Gasteiger partial charge in [-0.05, 0) is 37.5 Å². The Bertz CT molecular complexity index is 246. The molecule has 3 saturated carbocycles. The van der Waals surface area contributed by atoms with Gasteiger partial charge < -0.3 is 5.11 Å². The molecule has 0 radical (unpaired) electrons. The van der Waals surface area contributed by atoms with Crippen LogP contribution < -0.4 is 0 Å². The lowest BCUT2D eigenvalue weighted by atomic mass is 9.45. The molecule has 4 bridgehead atoms. The van der Waals surface area contributed by atoms with E-state index in [2.05, 4.69) is 0 Å². The molecule has 2 nitrogen and oxygen atoms in total. The molecule has 4 atom stereocenters. The minimum absolute atomic E-state index is 0.230. The van der Waals surface area contributed by atoms with E-state index in [9.17, 15) is 9.90 Å². The number of aliphatic hydroxyl groups is 1. The van der Waals surface area contributed by atoms with Gasteiger partial charge in [-0.15, -0.1) is 0 Å². The van der Waals surface area contributed by atoms with Crippen LogP contribution in [-0.2, 0) is 4.79 Å². The molecule has 3 aliphatic rings. The summed E-state index contributed by atoms with van der Waals surface area (Å²) in [5.41, 5.74) is -0.406. The second-order valence-electron chi connectivity index (χ2n) is 4.68. The van der Waals surface area contributed by atoms with Gasteiger partial charge in [-0.3, -0.25) is 4.79 Å². The van der Waals surface area contributed by atoms with Crippen LogP contribution in [0.25, 0.3) is 0 Å². The van der Waals surface area contributed by atoms with E-state index in [1.54, 1.807) is 0 Å². The summed E-state index contributed by atoms with van der Waals surface area (Å²) in [5.74, 6) is 1.53. The maximum atomic E-state index is 11.5. The van der Waals surface area contributed by atoms with Gasteiger partial charge in [0.2, 0.25) is 0 Å². The van der Waals surface area contributed by atoms with E-state index in [1.807, 2.05) is 0 Å². The van der Waals surface area contributed by atoms with Crippen molar-refractivity contribution in [3.63, 3.8) is 0 Å². The van der Waals surface area contributed by atoms with E-state index in [1.165, 1.54) is 0 Å². The van der Waals surface area contributed by atoms with Crippen molar-refractivity contribution in [2.45, 2.75) is 37.7 Å². The highest BCUT2D eigenvalue weighted by Gasteiger charge is 2.62. The van der Waals surface area contributed by atoms with Crippen molar-refractivity contribution in [3.8, 4) is 0 Å². The molecule has 0 aromatic rings. The number of Topliss-reactive ketones (excluding diaryl/α,β-unsaturated/α-hetero) is 1. The summed E-state index contributed by atoms with van der Waals surface area (Å²) in [6.07, 6.45) is 4.64. The molecule has 0 aromatic carbocycles. The Balaban J connectivity index is 1.98. The maximum absolute atomic E-state index is 11.5.